The Balaban J connectivity index is 4.24. The molecule has 6 nitrogen and oxygen atoms in total. The summed E-state index contributed by atoms with van der Waals surface area (Å²) in [7, 11) is 0. The number of ether oxygens (including phenoxy) is 1. The first-order chi connectivity index (χ1) is 22.0. The van der Waals surface area contributed by atoms with Gasteiger partial charge in [0.2, 0.25) is 5.91 Å². The van der Waals surface area contributed by atoms with E-state index in [1.54, 1.807) is 0 Å². The Morgan fingerprint density at radius 1 is 0.556 bits per heavy atom. The highest BCUT2D eigenvalue weighted by Crippen LogP contribution is 2.18. The molecule has 0 aliphatic carbocycles. The van der Waals surface area contributed by atoms with E-state index in [-0.39, 0.29) is 24.5 Å². The SMILES string of the molecule is CCC/C=C\CCCCCCCC(=O)OC(CCC/C=C\CCCCCCCCCC)CCCCCCCC(=O)NCC(=O)O. The van der Waals surface area contributed by atoms with Gasteiger partial charge in [-0.2, -0.15) is 0 Å². The Kier molecular flexibility index (Phi) is 33.1. The van der Waals surface area contributed by atoms with Crippen molar-refractivity contribution in [3.63, 3.8) is 0 Å². The van der Waals surface area contributed by atoms with Crippen LogP contribution in [0.3, 0.4) is 0 Å². The molecule has 0 aromatic heterocycles. The Morgan fingerprint density at radius 2 is 1.02 bits per heavy atom. The van der Waals surface area contributed by atoms with Crippen LogP contribution in [0.15, 0.2) is 24.3 Å². The third kappa shape index (κ3) is 34.6. The fourth-order valence-corrected chi connectivity index (χ4v) is 5.52. The molecule has 6 heteroatoms. The van der Waals surface area contributed by atoms with Gasteiger partial charge in [-0.15, -0.1) is 0 Å². The van der Waals surface area contributed by atoms with Crippen LogP contribution in [0, 0.1) is 0 Å². The number of carbonyl (C=O) groups is 3. The van der Waals surface area contributed by atoms with E-state index in [2.05, 4.69) is 43.5 Å². The number of carboxylic acids is 1. The molecule has 262 valence electrons. The van der Waals surface area contributed by atoms with Crippen LogP contribution in [0.25, 0.3) is 0 Å². The predicted octanol–water partition coefficient (Wildman–Crippen LogP) is 11.2. The molecule has 1 unspecified atom stereocenters. The fraction of sp³-hybridized carbons (Fsp3) is 0.821. The van der Waals surface area contributed by atoms with E-state index in [4.69, 9.17) is 9.84 Å². The highest BCUT2D eigenvalue weighted by atomic mass is 16.5. The van der Waals surface area contributed by atoms with Gasteiger partial charge in [-0.1, -0.05) is 128 Å². The molecule has 0 aliphatic rings. The number of aliphatic carboxylic acids is 1. The van der Waals surface area contributed by atoms with E-state index >= 15 is 0 Å². The number of carbonyl (C=O) groups excluding carboxylic acids is 2. The zero-order valence-electron chi connectivity index (χ0n) is 29.5. The summed E-state index contributed by atoms with van der Waals surface area (Å²) in [6.45, 7) is 4.16. The minimum Gasteiger partial charge on any atom is -0.480 e. The summed E-state index contributed by atoms with van der Waals surface area (Å²) in [5.41, 5.74) is 0. The molecule has 2 N–H and O–H groups in total. The van der Waals surface area contributed by atoms with Gasteiger partial charge in [-0.3, -0.25) is 14.4 Å². The van der Waals surface area contributed by atoms with Gasteiger partial charge in [0.25, 0.3) is 0 Å². The third-order valence-electron chi connectivity index (χ3n) is 8.33. The van der Waals surface area contributed by atoms with Gasteiger partial charge in [0.1, 0.15) is 12.6 Å². The summed E-state index contributed by atoms with van der Waals surface area (Å²) in [5, 5.41) is 11.1. The van der Waals surface area contributed by atoms with Crippen LogP contribution in [0.2, 0.25) is 0 Å². The van der Waals surface area contributed by atoms with Crippen molar-refractivity contribution in [1.29, 1.82) is 0 Å². The normalized spacial score (nSPS) is 12.2. The van der Waals surface area contributed by atoms with Crippen molar-refractivity contribution < 1.29 is 24.2 Å². The van der Waals surface area contributed by atoms with Gasteiger partial charge >= 0.3 is 11.9 Å². The molecule has 0 aliphatic heterocycles. The minimum absolute atomic E-state index is 0.00434. The third-order valence-corrected chi connectivity index (χ3v) is 8.33. The number of rotatable bonds is 34. The van der Waals surface area contributed by atoms with Crippen molar-refractivity contribution in [2.75, 3.05) is 6.54 Å². The molecule has 1 amide bonds. The van der Waals surface area contributed by atoms with E-state index in [0.717, 1.165) is 70.6 Å². The standard InChI is InChI=1S/C39H71NO5/c1-3-5-7-9-11-13-15-16-17-18-20-23-27-31-36(32-28-24-22-25-29-33-37(41)40-35-38(42)43)45-39(44)34-30-26-21-19-14-12-10-8-6-4-2/h8,10,18,20,36H,3-7,9,11-17,19,21-35H2,1-2H3,(H,40,41)(H,42,43)/b10-8-,20-18-. The number of hydrogen-bond acceptors (Lipinski definition) is 4. The number of carboxylic acid groups (broad SMARTS) is 1. The molecule has 45 heavy (non-hydrogen) atoms. The van der Waals surface area contributed by atoms with Gasteiger partial charge < -0.3 is 15.2 Å². The van der Waals surface area contributed by atoms with Crippen molar-refractivity contribution in [1.82, 2.24) is 5.32 Å². The van der Waals surface area contributed by atoms with E-state index in [1.165, 1.54) is 96.3 Å². The van der Waals surface area contributed by atoms with Gasteiger partial charge in [0.15, 0.2) is 0 Å². The highest BCUT2D eigenvalue weighted by Gasteiger charge is 2.14. The van der Waals surface area contributed by atoms with Crippen LogP contribution in [-0.4, -0.2) is 35.6 Å². The number of nitrogens with one attached hydrogen (secondary N) is 1. The molecule has 0 bridgehead atoms. The fourth-order valence-electron chi connectivity index (χ4n) is 5.52. The summed E-state index contributed by atoms with van der Waals surface area (Å²) < 4.78 is 5.97. The first kappa shape index (κ1) is 42.9. The largest absolute Gasteiger partial charge is 0.480 e. The zero-order chi connectivity index (χ0) is 33.1. The van der Waals surface area contributed by atoms with Crippen LogP contribution >= 0.6 is 0 Å². The van der Waals surface area contributed by atoms with Crippen molar-refractivity contribution in [2.24, 2.45) is 0 Å². The van der Waals surface area contributed by atoms with Crippen LogP contribution in [-0.2, 0) is 19.1 Å². The average Bonchev–Trinajstić information content (AvgIpc) is 3.02. The maximum absolute atomic E-state index is 12.6. The first-order valence-corrected chi connectivity index (χ1v) is 19.0. The van der Waals surface area contributed by atoms with Crippen LogP contribution in [0.1, 0.15) is 194 Å². The molecular formula is C39H71NO5. The Morgan fingerprint density at radius 3 is 1.60 bits per heavy atom. The molecule has 0 saturated carbocycles. The molecule has 0 saturated heterocycles. The average molecular weight is 634 g/mol. The van der Waals surface area contributed by atoms with Crippen molar-refractivity contribution in [2.45, 2.75) is 200 Å². The number of esters is 1. The monoisotopic (exact) mass is 634 g/mol. The molecular weight excluding hydrogens is 562 g/mol. The second-order valence-corrected chi connectivity index (χ2v) is 12.8. The Labute approximate surface area is 277 Å². The molecule has 0 fully saturated rings. The topological polar surface area (TPSA) is 92.7 Å². The van der Waals surface area contributed by atoms with Crippen LogP contribution in [0.4, 0.5) is 0 Å². The molecule has 0 aromatic rings. The molecule has 1 atom stereocenters. The minimum atomic E-state index is -1.02. The van der Waals surface area contributed by atoms with Gasteiger partial charge in [0, 0.05) is 12.8 Å². The lowest BCUT2D eigenvalue weighted by Crippen LogP contribution is -2.28. The highest BCUT2D eigenvalue weighted by molar-refractivity contribution is 5.80. The number of amides is 1. The lowest BCUT2D eigenvalue weighted by atomic mass is 10.0. The molecule has 0 aromatic carbocycles. The van der Waals surface area contributed by atoms with E-state index in [1.807, 2.05) is 0 Å². The first-order valence-electron chi connectivity index (χ1n) is 19.0. The van der Waals surface area contributed by atoms with Gasteiger partial charge in [-0.05, 0) is 77.0 Å². The zero-order valence-corrected chi connectivity index (χ0v) is 29.5. The summed E-state index contributed by atoms with van der Waals surface area (Å²) in [5.74, 6) is -1.26. The maximum Gasteiger partial charge on any atom is 0.322 e. The van der Waals surface area contributed by atoms with Crippen molar-refractivity contribution in [3.05, 3.63) is 24.3 Å². The second-order valence-electron chi connectivity index (χ2n) is 12.8. The molecule has 0 spiro atoms. The summed E-state index contributed by atoms with van der Waals surface area (Å²) in [6, 6.07) is 0. The summed E-state index contributed by atoms with van der Waals surface area (Å²) in [4.78, 5) is 34.8. The van der Waals surface area contributed by atoms with E-state index in [9.17, 15) is 14.4 Å². The molecule has 0 radical (unpaired) electrons. The second kappa shape index (κ2) is 34.8. The van der Waals surface area contributed by atoms with E-state index in [0.29, 0.717) is 12.8 Å². The smallest absolute Gasteiger partial charge is 0.322 e. The summed E-state index contributed by atoms with van der Waals surface area (Å²) in [6.07, 6.45) is 40.1. The quantitative estimate of drug-likeness (QED) is 0.0418. The number of unbranched alkanes of at least 4 members (excludes halogenated alkanes) is 19. The van der Waals surface area contributed by atoms with Gasteiger partial charge in [0.05, 0.1) is 0 Å². The van der Waals surface area contributed by atoms with Crippen molar-refractivity contribution in [3.8, 4) is 0 Å². The summed E-state index contributed by atoms with van der Waals surface area (Å²) >= 11 is 0. The van der Waals surface area contributed by atoms with Crippen LogP contribution in [0.5, 0.6) is 0 Å². The van der Waals surface area contributed by atoms with Crippen LogP contribution < -0.4 is 5.32 Å². The molecule has 0 heterocycles. The number of hydrogen-bond donors (Lipinski definition) is 2. The van der Waals surface area contributed by atoms with E-state index < -0.39 is 5.97 Å². The lowest BCUT2D eigenvalue weighted by Gasteiger charge is -2.18. The maximum atomic E-state index is 12.6. The number of allylic oxidation sites excluding steroid dienone is 4. The Hall–Kier alpha value is -2.11. The lowest BCUT2D eigenvalue weighted by molar-refractivity contribution is -0.150. The predicted molar refractivity (Wildman–Crippen MR) is 189 cm³/mol. The molecule has 0 rings (SSSR count). The Bertz CT molecular complexity index is 748. The van der Waals surface area contributed by atoms with Crippen molar-refractivity contribution >= 4 is 17.8 Å². The van der Waals surface area contributed by atoms with Gasteiger partial charge in [-0.25, -0.2) is 0 Å².